The maximum absolute atomic E-state index is 4.26. The molecule has 0 bridgehead atoms. The molecule has 1 heterocycles. The molecular formula is C8H14Br2MgNS. The third-order valence-corrected chi connectivity index (χ3v) is 2.51. The maximum atomic E-state index is 4.26. The topological polar surface area (TPSA) is 12.4 Å². The average Bonchev–Trinajstić information content (AvgIpc) is 2.59. The summed E-state index contributed by atoms with van der Waals surface area (Å²) < 4.78 is 0. The zero-order valence-corrected chi connectivity index (χ0v) is 13.3. The van der Waals surface area contributed by atoms with E-state index in [0.717, 1.165) is 5.75 Å². The normalized spacial score (nSPS) is 14.2. The van der Waals surface area contributed by atoms with Gasteiger partial charge in [-0.2, -0.15) is 0 Å². The second-order valence-electron chi connectivity index (χ2n) is 2.57. The van der Waals surface area contributed by atoms with Crippen molar-refractivity contribution in [2.75, 3.05) is 5.75 Å². The molecule has 0 aromatic carbocycles. The monoisotopic (exact) mass is 338 g/mol. The number of unbranched alkanes of at least 4 members (excludes halogenated alkanes) is 2. The molecule has 1 aliphatic rings. The van der Waals surface area contributed by atoms with E-state index in [-0.39, 0.29) is 16.0 Å². The quantitative estimate of drug-likeness (QED) is 0.552. The highest BCUT2D eigenvalue weighted by Gasteiger charge is 2.05. The van der Waals surface area contributed by atoms with Gasteiger partial charge >= 0.3 is 16.0 Å². The number of nitrogens with zero attached hydrogens (tertiary/aromatic N) is 1. The van der Waals surface area contributed by atoms with Crippen molar-refractivity contribution in [3.63, 3.8) is 0 Å². The van der Waals surface area contributed by atoms with E-state index in [1.54, 1.807) is 0 Å². The van der Waals surface area contributed by atoms with Gasteiger partial charge < -0.3 is 0 Å². The predicted molar refractivity (Wildman–Crippen MR) is 71.9 cm³/mol. The van der Waals surface area contributed by atoms with E-state index in [9.17, 15) is 0 Å². The molecule has 0 unspecified atom stereocenters. The Morgan fingerprint density at radius 3 is 2.69 bits per heavy atom. The smallest absolute Gasteiger partial charge is 0.280 e. The first-order valence-corrected chi connectivity index (χ1v) is 13.3. The van der Waals surface area contributed by atoms with E-state index >= 15 is 0 Å². The molecule has 0 aliphatic carbocycles. The van der Waals surface area contributed by atoms with Gasteiger partial charge in [-0.3, -0.25) is 30.8 Å². The number of hydrogen-bond acceptors (Lipinski definition) is 2. The highest BCUT2D eigenvalue weighted by molar-refractivity contribution is 9.47. The maximum Gasteiger partial charge on any atom is 0.560 e. The van der Waals surface area contributed by atoms with Crippen molar-refractivity contribution in [1.29, 1.82) is 0 Å². The Labute approximate surface area is 107 Å². The molecule has 0 fully saturated rings. The Morgan fingerprint density at radius 1 is 1.54 bits per heavy atom. The lowest BCUT2D eigenvalue weighted by molar-refractivity contribution is 0.745. The molecule has 0 spiro atoms. The number of halogens is 2. The summed E-state index contributed by atoms with van der Waals surface area (Å²) in [5.41, 5.74) is 0. The molecule has 1 radical (unpaired) electrons. The van der Waals surface area contributed by atoms with E-state index in [2.05, 4.69) is 37.7 Å². The summed E-state index contributed by atoms with van der Waals surface area (Å²) in [6, 6.07) is 0. The molecule has 13 heavy (non-hydrogen) atoms. The second-order valence-corrected chi connectivity index (χ2v) is 11.7. The molecule has 0 N–H and O–H groups in total. The van der Waals surface area contributed by atoms with Crippen LogP contribution in [-0.2, 0) is 0 Å². The van der Waals surface area contributed by atoms with E-state index < -0.39 is 0 Å². The summed E-state index contributed by atoms with van der Waals surface area (Å²) in [5, 5.41) is 1.34. The fourth-order valence-corrected chi connectivity index (χ4v) is 1.75. The van der Waals surface area contributed by atoms with Crippen LogP contribution in [0, 0.1) is 6.54 Å². The highest BCUT2D eigenvalue weighted by atomic mass is 79.9. The summed E-state index contributed by atoms with van der Waals surface area (Å²) in [4.78, 5) is 4.26. The van der Waals surface area contributed by atoms with Crippen molar-refractivity contribution in [2.45, 2.75) is 32.6 Å². The van der Waals surface area contributed by atoms with Gasteiger partial charge in [0, 0.05) is 5.75 Å². The molecule has 73 valence electrons. The number of thioether (sulfide) groups is 1. The van der Waals surface area contributed by atoms with Crippen LogP contribution in [-0.4, -0.2) is 26.8 Å². The molecule has 5 heteroatoms. The Bertz CT molecular complexity index is 144. The summed E-state index contributed by atoms with van der Waals surface area (Å²) in [6.45, 7) is 4.24. The number of aliphatic imine (C=N–C) groups is 1. The first kappa shape index (κ1) is 14.7. The first-order chi connectivity index (χ1) is 6.35. The molecule has 1 rings (SSSR count). The fraction of sp³-hybridized carbons (Fsp3) is 0.750. The SMILES string of the molecule is CCCCCC1=N[CH]CS1.[Br][Mg][Br]. The van der Waals surface area contributed by atoms with Crippen LogP contribution >= 0.6 is 37.5 Å². The van der Waals surface area contributed by atoms with Crippen LogP contribution < -0.4 is 0 Å². The molecule has 0 aromatic heterocycles. The lowest BCUT2D eigenvalue weighted by Gasteiger charge is -1.96. The molecular weight excluding hydrogens is 326 g/mol. The highest BCUT2D eigenvalue weighted by Crippen LogP contribution is 2.19. The van der Waals surface area contributed by atoms with Gasteiger partial charge in [0.2, 0.25) is 0 Å². The van der Waals surface area contributed by atoms with Crippen LogP contribution in [0.1, 0.15) is 32.6 Å². The molecule has 0 saturated heterocycles. The minimum Gasteiger partial charge on any atom is -0.280 e. The van der Waals surface area contributed by atoms with E-state index in [0.29, 0.717) is 0 Å². The average molecular weight is 340 g/mol. The van der Waals surface area contributed by atoms with Gasteiger partial charge in [0.05, 0.1) is 11.6 Å². The molecule has 0 amide bonds. The molecule has 0 aromatic rings. The van der Waals surface area contributed by atoms with Gasteiger partial charge in [-0.05, 0) is 12.8 Å². The summed E-state index contributed by atoms with van der Waals surface area (Å²) in [5.74, 6) is 1.10. The first-order valence-electron chi connectivity index (χ1n) is 4.48. The van der Waals surface area contributed by atoms with Crippen molar-refractivity contribution in [3.8, 4) is 0 Å². The van der Waals surface area contributed by atoms with Gasteiger partial charge in [0.15, 0.2) is 0 Å². The Morgan fingerprint density at radius 2 is 2.23 bits per heavy atom. The number of rotatable bonds is 4. The van der Waals surface area contributed by atoms with Crippen molar-refractivity contribution >= 4 is 58.6 Å². The minimum atomic E-state index is 0.0417. The van der Waals surface area contributed by atoms with Crippen LogP contribution in [0.25, 0.3) is 0 Å². The predicted octanol–water partition coefficient (Wildman–Crippen LogP) is 4.18. The van der Waals surface area contributed by atoms with Gasteiger partial charge in [0.25, 0.3) is 0 Å². The summed E-state index contributed by atoms with van der Waals surface area (Å²) in [7, 11) is 0. The van der Waals surface area contributed by atoms with E-state index in [1.807, 2.05) is 18.3 Å². The lowest BCUT2D eigenvalue weighted by Crippen LogP contribution is -1.86. The van der Waals surface area contributed by atoms with Crippen molar-refractivity contribution in [2.24, 2.45) is 4.99 Å². The van der Waals surface area contributed by atoms with E-state index in [4.69, 9.17) is 0 Å². The second kappa shape index (κ2) is 11.8. The summed E-state index contributed by atoms with van der Waals surface area (Å²) in [6.07, 6.45) is 5.17. The van der Waals surface area contributed by atoms with Gasteiger partial charge in [-0.1, -0.05) is 19.8 Å². The largest absolute Gasteiger partial charge is 0.560 e. The van der Waals surface area contributed by atoms with Crippen LogP contribution in [0.3, 0.4) is 0 Å². The van der Waals surface area contributed by atoms with Gasteiger partial charge in [-0.15, -0.1) is 11.8 Å². The Balaban J connectivity index is 0.000000424. The lowest BCUT2D eigenvalue weighted by atomic mass is 10.2. The van der Waals surface area contributed by atoms with Crippen LogP contribution in [0.5, 0.6) is 0 Å². The molecule has 0 saturated carbocycles. The van der Waals surface area contributed by atoms with Crippen LogP contribution in [0.4, 0.5) is 0 Å². The third-order valence-electron chi connectivity index (χ3n) is 1.55. The zero-order chi connectivity index (χ0) is 9.94. The molecule has 0 atom stereocenters. The van der Waals surface area contributed by atoms with Gasteiger partial charge in [-0.25, -0.2) is 0 Å². The Hall–Kier alpha value is 1.75. The fourth-order valence-electron chi connectivity index (χ4n) is 0.973. The van der Waals surface area contributed by atoms with Crippen molar-refractivity contribution in [3.05, 3.63) is 6.54 Å². The standard InChI is InChI=1S/C8H14NS.2BrH.Mg/c1-2-3-4-5-8-9-6-7-10-8;;;/h6H,2-5,7H2,1H3;2*1H;/q;;;+2/p-2. The van der Waals surface area contributed by atoms with Crippen molar-refractivity contribution in [1.82, 2.24) is 0 Å². The molecule has 1 nitrogen and oxygen atoms in total. The van der Waals surface area contributed by atoms with E-state index in [1.165, 1.54) is 30.7 Å². The third kappa shape index (κ3) is 10.0. The number of hydrogen-bond donors (Lipinski definition) is 0. The van der Waals surface area contributed by atoms with Crippen LogP contribution in [0.2, 0.25) is 0 Å². The Kier molecular flexibility index (Phi) is 13.4. The zero-order valence-electron chi connectivity index (χ0n) is 7.93. The van der Waals surface area contributed by atoms with Gasteiger partial charge in [0.1, 0.15) is 0 Å². The van der Waals surface area contributed by atoms with Crippen molar-refractivity contribution < 1.29 is 0 Å². The summed E-state index contributed by atoms with van der Waals surface area (Å²) >= 11 is 8.33. The molecule has 1 aliphatic heterocycles. The minimum absolute atomic E-state index is 0.0417. The van der Waals surface area contributed by atoms with Crippen LogP contribution in [0.15, 0.2) is 4.99 Å².